The lowest BCUT2D eigenvalue weighted by molar-refractivity contribution is 0.282. The molecule has 0 bridgehead atoms. The van der Waals surface area contributed by atoms with Gasteiger partial charge in [0.2, 0.25) is 10.0 Å². The second-order valence-electron chi connectivity index (χ2n) is 5.65. The van der Waals surface area contributed by atoms with Crippen molar-refractivity contribution in [2.75, 3.05) is 26.2 Å². The highest BCUT2D eigenvalue weighted by atomic mass is 32.2. The fourth-order valence-electron chi connectivity index (χ4n) is 2.69. The summed E-state index contributed by atoms with van der Waals surface area (Å²) in [4.78, 5) is 2.57. The zero-order valence-electron chi connectivity index (χ0n) is 12.8. The Bertz CT molecular complexity index is 615. The van der Waals surface area contributed by atoms with Gasteiger partial charge in [-0.15, -0.1) is 0 Å². The summed E-state index contributed by atoms with van der Waals surface area (Å²) in [5, 5.41) is 8.84. The number of nitrogens with zero attached hydrogens (tertiary/aromatic N) is 2. The molecule has 1 N–H and O–H groups in total. The molecule has 0 aromatic heterocycles. The number of nitriles is 1. The molecule has 0 aliphatic carbocycles. The SMILES string of the molecule is N#Cc1cccc(S(=O)(=O)NCCCN2CCCCCC2)c1. The Morgan fingerprint density at radius 1 is 1.18 bits per heavy atom. The smallest absolute Gasteiger partial charge is 0.240 e. The van der Waals surface area contributed by atoms with Crippen molar-refractivity contribution in [3.63, 3.8) is 0 Å². The summed E-state index contributed by atoms with van der Waals surface area (Å²) in [6.07, 6.45) is 5.90. The highest BCUT2D eigenvalue weighted by molar-refractivity contribution is 7.89. The highest BCUT2D eigenvalue weighted by Gasteiger charge is 2.14. The van der Waals surface area contributed by atoms with Gasteiger partial charge < -0.3 is 4.90 Å². The fraction of sp³-hybridized carbons (Fsp3) is 0.562. The summed E-state index contributed by atoms with van der Waals surface area (Å²) in [5.74, 6) is 0. The van der Waals surface area contributed by atoms with Gasteiger partial charge in [-0.3, -0.25) is 0 Å². The molecule has 6 heteroatoms. The van der Waals surface area contributed by atoms with Gasteiger partial charge in [0.25, 0.3) is 0 Å². The van der Waals surface area contributed by atoms with E-state index in [9.17, 15) is 8.42 Å². The third-order valence-corrected chi connectivity index (χ3v) is 5.37. The molecule has 0 saturated carbocycles. The van der Waals surface area contributed by atoms with Crippen molar-refractivity contribution in [2.24, 2.45) is 0 Å². The Morgan fingerprint density at radius 2 is 1.91 bits per heavy atom. The maximum Gasteiger partial charge on any atom is 0.240 e. The number of likely N-dealkylation sites (tertiary alicyclic amines) is 1. The van der Waals surface area contributed by atoms with Gasteiger partial charge in [0.1, 0.15) is 0 Å². The zero-order valence-corrected chi connectivity index (χ0v) is 13.6. The lowest BCUT2D eigenvalue weighted by atomic mass is 10.2. The minimum atomic E-state index is -3.52. The quantitative estimate of drug-likeness (QED) is 0.814. The van der Waals surface area contributed by atoms with Crippen molar-refractivity contribution in [1.82, 2.24) is 9.62 Å². The molecule has 2 rings (SSSR count). The van der Waals surface area contributed by atoms with Crippen molar-refractivity contribution < 1.29 is 8.42 Å². The number of hydrogen-bond donors (Lipinski definition) is 1. The van der Waals surface area contributed by atoms with E-state index in [1.54, 1.807) is 12.1 Å². The molecule has 0 unspecified atom stereocenters. The zero-order chi connectivity index (χ0) is 15.8. The first-order chi connectivity index (χ1) is 10.6. The summed E-state index contributed by atoms with van der Waals surface area (Å²) in [6.45, 7) is 3.60. The van der Waals surface area contributed by atoms with Gasteiger partial charge in [-0.2, -0.15) is 5.26 Å². The molecule has 0 radical (unpaired) electrons. The Morgan fingerprint density at radius 3 is 2.59 bits per heavy atom. The largest absolute Gasteiger partial charge is 0.303 e. The average Bonchev–Trinajstić information content (AvgIpc) is 2.80. The summed E-state index contributed by atoms with van der Waals surface area (Å²) in [6, 6.07) is 8.05. The lowest BCUT2D eigenvalue weighted by Crippen LogP contribution is -2.30. The molecule has 1 aromatic carbocycles. The van der Waals surface area contributed by atoms with E-state index in [0.29, 0.717) is 12.1 Å². The molecule has 0 amide bonds. The molecule has 1 aliphatic heterocycles. The number of sulfonamides is 1. The molecular formula is C16H23N3O2S. The Balaban J connectivity index is 1.81. The topological polar surface area (TPSA) is 73.2 Å². The lowest BCUT2D eigenvalue weighted by Gasteiger charge is -2.19. The van der Waals surface area contributed by atoms with Gasteiger partial charge in [-0.1, -0.05) is 18.9 Å². The Labute approximate surface area is 133 Å². The summed E-state index contributed by atoms with van der Waals surface area (Å²) in [5.41, 5.74) is 0.354. The fourth-order valence-corrected chi connectivity index (χ4v) is 3.80. The van der Waals surface area contributed by atoms with Gasteiger partial charge in [0.15, 0.2) is 0 Å². The molecular weight excluding hydrogens is 298 g/mol. The third-order valence-electron chi connectivity index (χ3n) is 3.92. The maximum atomic E-state index is 12.2. The van der Waals surface area contributed by atoms with Crippen molar-refractivity contribution in [2.45, 2.75) is 37.0 Å². The van der Waals surface area contributed by atoms with Crippen LogP contribution >= 0.6 is 0 Å². The molecule has 0 atom stereocenters. The molecule has 120 valence electrons. The second kappa shape index (κ2) is 8.28. The molecule has 0 spiro atoms. The van der Waals surface area contributed by atoms with Crippen LogP contribution in [0.4, 0.5) is 0 Å². The summed E-state index contributed by atoms with van der Waals surface area (Å²) < 4.78 is 27.0. The van der Waals surface area contributed by atoms with Crippen LogP contribution < -0.4 is 4.72 Å². The van der Waals surface area contributed by atoms with E-state index in [4.69, 9.17) is 5.26 Å². The molecule has 1 heterocycles. The number of rotatable bonds is 6. The van der Waals surface area contributed by atoms with Crippen LogP contribution in [0.2, 0.25) is 0 Å². The van der Waals surface area contributed by atoms with E-state index < -0.39 is 10.0 Å². The standard InChI is InChI=1S/C16H23N3O2S/c17-14-15-7-5-8-16(13-15)22(20,21)18-9-6-12-19-10-3-1-2-4-11-19/h5,7-8,13,18H,1-4,6,9-12H2. The van der Waals surface area contributed by atoms with Gasteiger partial charge in [-0.25, -0.2) is 13.1 Å². The van der Waals surface area contributed by atoms with Crippen LogP contribution in [0.5, 0.6) is 0 Å². The predicted molar refractivity (Wildman–Crippen MR) is 85.9 cm³/mol. The van der Waals surface area contributed by atoms with Crippen LogP contribution in [0.1, 0.15) is 37.7 Å². The van der Waals surface area contributed by atoms with E-state index in [-0.39, 0.29) is 4.90 Å². The van der Waals surface area contributed by atoms with Gasteiger partial charge >= 0.3 is 0 Å². The minimum Gasteiger partial charge on any atom is -0.303 e. The van der Waals surface area contributed by atoms with E-state index in [1.165, 1.54) is 37.8 Å². The average molecular weight is 321 g/mol. The minimum absolute atomic E-state index is 0.154. The van der Waals surface area contributed by atoms with Gasteiger partial charge in [0.05, 0.1) is 16.5 Å². The van der Waals surface area contributed by atoms with Gasteiger partial charge in [-0.05, 0) is 57.1 Å². The van der Waals surface area contributed by atoms with Crippen LogP contribution in [0.15, 0.2) is 29.2 Å². The number of nitrogens with one attached hydrogen (secondary N) is 1. The first-order valence-electron chi connectivity index (χ1n) is 7.84. The molecule has 1 aliphatic rings. The van der Waals surface area contributed by atoms with Crippen LogP contribution in [-0.4, -0.2) is 39.5 Å². The normalized spacial score (nSPS) is 16.9. The van der Waals surface area contributed by atoms with E-state index in [1.807, 2.05) is 6.07 Å². The summed E-state index contributed by atoms with van der Waals surface area (Å²) in [7, 11) is -3.52. The number of hydrogen-bond acceptors (Lipinski definition) is 4. The van der Waals surface area contributed by atoms with Gasteiger partial charge in [0, 0.05) is 6.54 Å². The molecule has 22 heavy (non-hydrogen) atoms. The monoisotopic (exact) mass is 321 g/mol. The highest BCUT2D eigenvalue weighted by Crippen LogP contribution is 2.11. The van der Waals surface area contributed by atoms with Crippen LogP contribution in [0.3, 0.4) is 0 Å². The first-order valence-corrected chi connectivity index (χ1v) is 9.32. The third kappa shape index (κ3) is 5.09. The van der Waals surface area contributed by atoms with Crippen molar-refractivity contribution in [3.8, 4) is 6.07 Å². The van der Waals surface area contributed by atoms with Crippen LogP contribution in [0.25, 0.3) is 0 Å². The van der Waals surface area contributed by atoms with Crippen LogP contribution in [-0.2, 0) is 10.0 Å². The molecule has 5 nitrogen and oxygen atoms in total. The Kier molecular flexibility index (Phi) is 6.37. The van der Waals surface area contributed by atoms with Crippen molar-refractivity contribution in [1.29, 1.82) is 5.26 Å². The van der Waals surface area contributed by atoms with E-state index in [0.717, 1.165) is 26.1 Å². The van der Waals surface area contributed by atoms with E-state index in [2.05, 4.69) is 9.62 Å². The first kappa shape index (κ1) is 16.9. The summed E-state index contributed by atoms with van der Waals surface area (Å²) >= 11 is 0. The van der Waals surface area contributed by atoms with Crippen LogP contribution in [0, 0.1) is 11.3 Å². The molecule has 1 fully saturated rings. The van der Waals surface area contributed by atoms with Crippen molar-refractivity contribution in [3.05, 3.63) is 29.8 Å². The van der Waals surface area contributed by atoms with Crippen molar-refractivity contribution >= 4 is 10.0 Å². The predicted octanol–water partition coefficient (Wildman–Crippen LogP) is 2.10. The number of benzene rings is 1. The molecule has 1 saturated heterocycles. The Hall–Kier alpha value is -1.42. The maximum absolute atomic E-state index is 12.2. The molecule has 1 aromatic rings. The second-order valence-corrected chi connectivity index (χ2v) is 7.41. The van der Waals surface area contributed by atoms with E-state index >= 15 is 0 Å².